The van der Waals surface area contributed by atoms with Crippen molar-refractivity contribution < 1.29 is 9.90 Å². The van der Waals surface area contributed by atoms with Crippen LogP contribution in [0.15, 0.2) is 0 Å². The monoisotopic (exact) mass is 230 g/mol. The van der Waals surface area contributed by atoms with E-state index >= 15 is 0 Å². The second kappa shape index (κ2) is 6.86. The Morgan fingerprint density at radius 3 is 2.38 bits per heavy atom. The molecule has 0 rings (SSSR count). The van der Waals surface area contributed by atoms with Crippen LogP contribution in [0.25, 0.3) is 0 Å². The summed E-state index contributed by atoms with van der Waals surface area (Å²) in [5.74, 6) is 0.0355. The second-order valence-corrected chi connectivity index (χ2v) is 5.43. The van der Waals surface area contributed by atoms with Crippen molar-refractivity contribution in [2.24, 2.45) is 11.1 Å². The quantitative estimate of drug-likeness (QED) is 0.715. The molecule has 96 valence electrons. The Kier molecular flexibility index (Phi) is 6.60. The molecule has 16 heavy (non-hydrogen) atoms. The molecule has 0 aliphatic rings. The Hall–Kier alpha value is -0.610. The molecule has 0 aromatic heterocycles. The number of carbonyl (C=O) groups is 1. The molecule has 4 heteroatoms. The van der Waals surface area contributed by atoms with Gasteiger partial charge in [0.2, 0.25) is 5.91 Å². The number of nitrogens with two attached hydrogens (primary N) is 1. The van der Waals surface area contributed by atoms with Crippen molar-refractivity contribution in [1.29, 1.82) is 0 Å². The molecule has 0 bridgehead atoms. The minimum Gasteiger partial charge on any atom is -0.395 e. The van der Waals surface area contributed by atoms with E-state index in [-0.39, 0.29) is 24.0 Å². The van der Waals surface area contributed by atoms with E-state index in [1.54, 1.807) is 4.90 Å². The smallest absolute Gasteiger partial charge is 0.224 e. The molecule has 0 saturated carbocycles. The fourth-order valence-electron chi connectivity index (χ4n) is 1.79. The van der Waals surface area contributed by atoms with Crippen LogP contribution >= 0.6 is 0 Å². The van der Waals surface area contributed by atoms with Crippen LogP contribution in [0.4, 0.5) is 0 Å². The van der Waals surface area contributed by atoms with E-state index in [1.165, 1.54) is 0 Å². The minimum absolute atomic E-state index is 0.00802. The van der Waals surface area contributed by atoms with Gasteiger partial charge in [0.05, 0.1) is 6.61 Å². The van der Waals surface area contributed by atoms with Gasteiger partial charge in [-0.15, -0.1) is 0 Å². The van der Waals surface area contributed by atoms with Crippen LogP contribution in [-0.2, 0) is 4.79 Å². The lowest BCUT2D eigenvalue weighted by molar-refractivity contribution is -0.132. The summed E-state index contributed by atoms with van der Waals surface area (Å²) in [4.78, 5) is 13.4. The summed E-state index contributed by atoms with van der Waals surface area (Å²) in [6.45, 7) is 9.28. The molecular weight excluding hydrogens is 204 g/mol. The van der Waals surface area contributed by atoms with Gasteiger partial charge in [-0.2, -0.15) is 0 Å². The number of hydrogen-bond donors (Lipinski definition) is 2. The number of amides is 1. The third-order valence-corrected chi connectivity index (χ3v) is 2.42. The Balaban J connectivity index is 4.11. The number of hydrogen-bond acceptors (Lipinski definition) is 3. The van der Waals surface area contributed by atoms with Gasteiger partial charge in [0, 0.05) is 25.6 Å². The first kappa shape index (κ1) is 15.4. The molecule has 0 aliphatic heterocycles. The van der Waals surface area contributed by atoms with E-state index in [1.807, 2.05) is 6.92 Å². The van der Waals surface area contributed by atoms with E-state index in [2.05, 4.69) is 20.8 Å². The van der Waals surface area contributed by atoms with Crippen molar-refractivity contribution >= 4 is 5.91 Å². The minimum atomic E-state index is -0.0970. The third-order valence-electron chi connectivity index (χ3n) is 2.42. The molecule has 0 aromatic carbocycles. The molecule has 0 fully saturated rings. The topological polar surface area (TPSA) is 66.6 Å². The van der Waals surface area contributed by atoms with E-state index < -0.39 is 0 Å². The van der Waals surface area contributed by atoms with Crippen molar-refractivity contribution in [3.8, 4) is 0 Å². The Bertz CT molecular complexity index is 212. The molecule has 0 aromatic rings. The van der Waals surface area contributed by atoms with Crippen LogP contribution < -0.4 is 5.73 Å². The van der Waals surface area contributed by atoms with E-state index in [4.69, 9.17) is 10.8 Å². The van der Waals surface area contributed by atoms with Crippen molar-refractivity contribution in [2.45, 2.75) is 46.6 Å². The fourth-order valence-corrected chi connectivity index (χ4v) is 1.79. The zero-order valence-electron chi connectivity index (χ0n) is 11.0. The molecule has 0 aliphatic carbocycles. The van der Waals surface area contributed by atoms with Crippen LogP contribution in [-0.4, -0.2) is 41.7 Å². The highest BCUT2D eigenvalue weighted by Gasteiger charge is 2.20. The number of aliphatic hydroxyl groups excluding tert-OH is 1. The lowest BCUT2D eigenvalue weighted by Crippen LogP contribution is -2.38. The summed E-state index contributed by atoms with van der Waals surface area (Å²) in [7, 11) is 0. The molecule has 0 saturated heterocycles. The standard InChI is InChI=1S/C12H26N2O2/c1-5-14(6-7-15)11(16)8-10(13)9-12(2,3)4/h10,15H,5-9,13H2,1-4H3. The van der Waals surface area contributed by atoms with Gasteiger partial charge < -0.3 is 15.7 Å². The highest BCUT2D eigenvalue weighted by atomic mass is 16.3. The molecule has 4 nitrogen and oxygen atoms in total. The zero-order valence-corrected chi connectivity index (χ0v) is 11.0. The summed E-state index contributed by atoms with van der Waals surface area (Å²) in [6.07, 6.45) is 1.19. The summed E-state index contributed by atoms with van der Waals surface area (Å²) in [5, 5.41) is 8.81. The highest BCUT2D eigenvalue weighted by molar-refractivity contribution is 5.76. The molecule has 3 N–H and O–H groups in total. The van der Waals surface area contributed by atoms with Crippen molar-refractivity contribution in [3.05, 3.63) is 0 Å². The van der Waals surface area contributed by atoms with Gasteiger partial charge in [-0.05, 0) is 18.8 Å². The molecule has 0 spiro atoms. The van der Waals surface area contributed by atoms with Crippen LogP contribution in [0.2, 0.25) is 0 Å². The Labute approximate surface area is 98.8 Å². The predicted molar refractivity (Wildman–Crippen MR) is 66.0 cm³/mol. The van der Waals surface area contributed by atoms with Crippen molar-refractivity contribution in [3.63, 3.8) is 0 Å². The van der Waals surface area contributed by atoms with Crippen molar-refractivity contribution in [2.75, 3.05) is 19.7 Å². The average Bonchev–Trinajstić information content (AvgIpc) is 2.10. The first-order valence-corrected chi connectivity index (χ1v) is 5.94. The van der Waals surface area contributed by atoms with Crippen LogP contribution in [0.5, 0.6) is 0 Å². The van der Waals surface area contributed by atoms with Crippen LogP contribution in [0.1, 0.15) is 40.5 Å². The number of nitrogens with zero attached hydrogens (tertiary/aromatic N) is 1. The molecule has 0 radical (unpaired) electrons. The largest absolute Gasteiger partial charge is 0.395 e. The SMILES string of the molecule is CCN(CCO)C(=O)CC(N)CC(C)(C)C. The highest BCUT2D eigenvalue weighted by Crippen LogP contribution is 2.21. The normalized spacial score (nSPS) is 13.6. The maximum Gasteiger partial charge on any atom is 0.224 e. The molecule has 1 unspecified atom stereocenters. The van der Waals surface area contributed by atoms with Crippen molar-refractivity contribution in [1.82, 2.24) is 4.90 Å². The maximum atomic E-state index is 11.8. The number of aliphatic hydroxyl groups is 1. The van der Waals surface area contributed by atoms with Gasteiger partial charge in [-0.1, -0.05) is 20.8 Å². The van der Waals surface area contributed by atoms with Gasteiger partial charge >= 0.3 is 0 Å². The first-order valence-electron chi connectivity index (χ1n) is 5.94. The van der Waals surface area contributed by atoms with Gasteiger partial charge in [0.1, 0.15) is 0 Å². The molecule has 1 atom stereocenters. The Morgan fingerprint density at radius 2 is 2.00 bits per heavy atom. The predicted octanol–water partition coefficient (Wildman–Crippen LogP) is 0.981. The summed E-state index contributed by atoms with van der Waals surface area (Å²) >= 11 is 0. The maximum absolute atomic E-state index is 11.8. The van der Waals surface area contributed by atoms with Crippen LogP contribution in [0.3, 0.4) is 0 Å². The van der Waals surface area contributed by atoms with E-state index in [0.29, 0.717) is 19.5 Å². The molecule has 1 amide bonds. The number of rotatable bonds is 6. The second-order valence-electron chi connectivity index (χ2n) is 5.43. The van der Waals surface area contributed by atoms with E-state index in [9.17, 15) is 4.79 Å². The lowest BCUT2D eigenvalue weighted by atomic mass is 9.87. The Morgan fingerprint density at radius 1 is 1.44 bits per heavy atom. The van der Waals surface area contributed by atoms with E-state index in [0.717, 1.165) is 6.42 Å². The summed E-state index contributed by atoms with van der Waals surface area (Å²) in [6, 6.07) is -0.0970. The molecular formula is C12H26N2O2. The first-order chi connectivity index (χ1) is 7.30. The van der Waals surface area contributed by atoms with Gasteiger partial charge in [-0.3, -0.25) is 4.79 Å². The van der Waals surface area contributed by atoms with Gasteiger partial charge in [-0.25, -0.2) is 0 Å². The number of carbonyl (C=O) groups excluding carboxylic acids is 1. The summed E-state index contributed by atoms with van der Waals surface area (Å²) < 4.78 is 0. The lowest BCUT2D eigenvalue weighted by Gasteiger charge is -2.25. The average molecular weight is 230 g/mol. The molecule has 0 heterocycles. The number of likely N-dealkylation sites (N-methyl/N-ethyl adjacent to an activating group) is 1. The van der Waals surface area contributed by atoms with Gasteiger partial charge in [0.25, 0.3) is 0 Å². The third kappa shape index (κ3) is 6.80. The van der Waals surface area contributed by atoms with Gasteiger partial charge in [0.15, 0.2) is 0 Å². The summed E-state index contributed by atoms with van der Waals surface area (Å²) in [5.41, 5.74) is 6.09. The fraction of sp³-hybridized carbons (Fsp3) is 0.917. The zero-order chi connectivity index (χ0) is 12.8. The van der Waals surface area contributed by atoms with Crippen LogP contribution in [0, 0.1) is 5.41 Å².